The Morgan fingerprint density at radius 2 is 1.80 bits per heavy atom. The summed E-state index contributed by atoms with van der Waals surface area (Å²) in [5.74, 6) is 0.835. The Morgan fingerprint density at radius 3 is 2.48 bits per heavy atom. The summed E-state index contributed by atoms with van der Waals surface area (Å²) in [5.41, 5.74) is 2.24. The quantitative estimate of drug-likeness (QED) is 0.606. The molecule has 0 saturated carbocycles. The van der Waals surface area contributed by atoms with Crippen LogP contribution in [0.25, 0.3) is 22.3 Å². The third-order valence-corrected chi connectivity index (χ3v) is 4.16. The monoisotopic (exact) mass is 373 g/mol. The Morgan fingerprint density at radius 1 is 1.08 bits per heavy atom. The molecule has 4 nitrogen and oxygen atoms in total. The molecule has 128 valence electrons. The first-order valence-electron chi connectivity index (χ1n) is 7.95. The van der Waals surface area contributed by atoms with Crippen LogP contribution in [0.1, 0.15) is 20.3 Å². The van der Waals surface area contributed by atoms with E-state index in [4.69, 9.17) is 23.2 Å². The van der Waals surface area contributed by atoms with E-state index in [1.165, 1.54) is 0 Å². The lowest BCUT2D eigenvalue weighted by Gasteiger charge is -2.08. The van der Waals surface area contributed by atoms with Gasteiger partial charge in [-0.05, 0) is 48.4 Å². The lowest BCUT2D eigenvalue weighted by Crippen LogP contribution is -2.13. The largest absolute Gasteiger partial charge is 0.326 e. The van der Waals surface area contributed by atoms with Gasteiger partial charge in [-0.25, -0.2) is 9.97 Å². The van der Waals surface area contributed by atoms with Crippen molar-refractivity contribution in [2.75, 3.05) is 5.32 Å². The number of carbonyl (C=O) groups excluding carboxylic acids is 1. The predicted molar refractivity (Wildman–Crippen MR) is 103 cm³/mol. The zero-order chi connectivity index (χ0) is 18.0. The predicted octanol–water partition coefficient (Wildman–Crippen LogP) is 5.59. The maximum atomic E-state index is 11.8. The number of anilines is 1. The molecule has 0 aliphatic carbocycles. The first-order chi connectivity index (χ1) is 11.9. The molecule has 0 spiro atoms. The van der Waals surface area contributed by atoms with Crippen molar-refractivity contribution in [3.8, 4) is 11.4 Å². The first-order valence-corrected chi connectivity index (χ1v) is 8.71. The second-order valence-corrected chi connectivity index (χ2v) is 7.02. The molecule has 0 radical (unpaired) electrons. The van der Waals surface area contributed by atoms with Crippen LogP contribution in [0.15, 0.2) is 42.5 Å². The standard InChI is InChI=1S/C19H17Cl2N3O/c1-11(2)9-17(25)22-14-6-3-12(4-7-14)19-23-16-10-13(20)5-8-15(16)18(21)24-19/h3-8,10-11H,9H2,1-2H3,(H,22,25). The van der Waals surface area contributed by atoms with Crippen LogP contribution in [0, 0.1) is 5.92 Å². The minimum absolute atomic E-state index is 0.00221. The Balaban J connectivity index is 1.87. The molecule has 1 N–H and O–H groups in total. The highest BCUT2D eigenvalue weighted by Crippen LogP contribution is 2.27. The number of rotatable bonds is 4. The molecule has 0 aliphatic heterocycles. The third kappa shape index (κ3) is 4.27. The molecule has 1 aromatic heterocycles. The van der Waals surface area contributed by atoms with Crippen molar-refractivity contribution >= 4 is 45.7 Å². The van der Waals surface area contributed by atoms with Gasteiger partial charge < -0.3 is 5.32 Å². The minimum Gasteiger partial charge on any atom is -0.326 e. The number of hydrogen-bond acceptors (Lipinski definition) is 3. The molecule has 0 aliphatic rings. The van der Waals surface area contributed by atoms with Gasteiger partial charge in [-0.3, -0.25) is 4.79 Å². The Bertz CT molecular complexity index is 924. The van der Waals surface area contributed by atoms with E-state index in [1.807, 2.05) is 38.1 Å². The summed E-state index contributed by atoms with van der Waals surface area (Å²) in [6, 6.07) is 12.7. The molecular weight excluding hydrogens is 357 g/mol. The molecule has 3 rings (SSSR count). The number of aromatic nitrogens is 2. The van der Waals surface area contributed by atoms with Crippen molar-refractivity contribution in [3.63, 3.8) is 0 Å². The fraction of sp³-hybridized carbons (Fsp3) is 0.211. The van der Waals surface area contributed by atoms with Crippen LogP contribution in [0.5, 0.6) is 0 Å². The van der Waals surface area contributed by atoms with Gasteiger partial charge in [0.1, 0.15) is 5.15 Å². The zero-order valence-corrected chi connectivity index (χ0v) is 15.4. The van der Waals surface area contributed by atoms with Crippen molar-refractivity contribution < 1.29 is 4.79 Å². The van der Waals surface area contributed by atoms with Crippen LogP contribution in [0.2, 0.25) is 10.2 Å². The van der Waals surface area contributed by atoms with Crippen LogP contribution in [0.4, 0.5) is 5.69 Å². The summed E-state index contributed by atoms with van der Waals surface area (Å²) in [6.07, 6.45) is 0.492. The average Bonchev–Trinajstić information content (AvgIpc) is 2.54. The molecule has 0 atom stereocenters. The smallest absolute Gasteiger partial charge is 0.224 e. The Labute approximate surface area is 156 Å². The van der Waals surface area contributed by atoms with Gasteiger partial charge in [-0.2, -0.15) is 0 Å². The van der Waals surface area contributed by atoms with Crippen molar-refractivity contribution in [1.82, 2.24) is 9.97 Å². The molecule has 6 heteroatoms. The highest BCUT2D eigenvalue weighted by Gasteiger charge is 2.10. The van der Waals surface area contributed by atoms with Crippen LogP contribution in [0.3, 0.4) is 0 Å². The molecule has 0 unspecified atom stereocenters. The van der Waals surface area contributed by atoms with Crippen LogP contribution >= 0.6 is 23.2 Å². The van der Waals surface area contributed by atoms with Gasteiger partial charge in [0.2, 0.25) is 5.91 Å². The van der Waals surface area contributed by atoms with Crippen LogP contribution in [-0.4, -0.2) is 15.9 Å². The SMILES string of the molecule is CC(C)CC(=O)Nc1ccc(-c2nc(Cl)c3ccc(Cl)cc3n2)cc1. The molecule has 3 aromatic rings. The number of halogens is 2. The van der Waals surface area contributed by atoms with E-state index in [0.29, 0.717) is 33.9 Å². The fourth-order valence-corrected chi connectivity index (χ4v) is 2.88. The molecule has 0 bridgehead atoms. The van der Waals surface area contributed by atoms with Crippen molar-refractivity contribution in [3.05, 3.63) is 52.6 Å². The molecule has 1 heterocycles. The minimum atomic E-state index is 0.00221. The van der Waals surface area contributed by atoms with Gasteiger partial charge in [0.25, 0.3) is 0 Å². The van der Waals surface area contributed by atoms with E-state index < -0.39 is 0 Å². The summed E-state index contributed by atoms with van der Waals surface area (Å²) in [7, 11) is 0. The third-order valence-electron chi connectivity index (χ3n) is 3.63. The normalized spacial score (nSPS) is 11.1. The van der Waals surface area contributed by atoms with E-state index in [9.17, 15) is 4.79 Å². The molecule has 1 amide bonds. The molecule has 25 heavy (non-hydrogen) atoms. The maximum absolute atomic E-state index is 11.8. The molecule has 0 fully saturated rings. The van der Waals surface area contributed by atoms with E-state index in [0.717, 1.165) is 16.6 Å². The number of fused-ring (bicyclic) bond motifs is 1. The maximum Gasteiger partial charge on any atom is 0.224 e. The lowest BCUT2D eigenvalue weighted by atomic mass is 10.1. The van der Waals surface area contributed by atoms with E-state index >= 15 is 0 Å². The second kappa shape index (κ2) is 7.38. The number of carbonyl (C=O) groups is 1. The van der Waals surface area contributed by atoms with Gasteiger partial charge in [-0.15, -0.1) is 0 Å². The van der Waals surface area contributed by atoms with Gasteiger partial charge in [0.05, 0.1) is 5.52 Å². The molecule has 0 saturated heterocycles. The number of benzene rings is 2. The molecular formula is C19H17Cl2N3O. The van der Waals surface area contributed by atoms with Crippen molar-refractivity contribution in [2.45, 2.75) is 20.3 Å². The summed E-state index contributed by atoms with van der Waals surface area (Å²) in [4.78, 5) is 20.7. The molecule has 2 aromatic carbocycles. The average molecular weight is 374 g/mol. The van der Waals surface area contributed by atoms with Crippen LogP contribution in [-0.2, 0) is 4.79 Å². The Kier molecular flexibility index (Phi) is 5.21. The van der Waals surface area contributed by atoms with Gasteiger partial charge in [-0.1, -0.05) is 37.0 Å². The van der Waals surface area contributed by atoms with E-state index in [1.54, 1.807) is 18.2 Å². The summed E-state index contributed by atoms with van der Waals surface area (Å²) < 4.78 is 0. The highest BCUT2D eigenvalue weighted by molar-refractivity contribution is 6.35. The number of nitrogens with one attached hydrogen (secondary N) is 1. The zero-order valence-electron chi connectivity index (χ0n) is 13.9. The van der Waals surface area contributed by atoms with Crippen molar-refractivity contribution in [1.29, 1.82) is 0 Å². The van der Waals surface area contributed by atoms with Gasteiger partial charge in [0.15, 0.2) is 5.82 Å². The van der Waals surface area contributed by atoms with E-state index in [-0.39, 0.29) is 5.91 Å². The van der Waals surface area contributed by atoms with Crippen LogP contribution < -0.4 is 5.32 Å². The first kappa shape index (κ1) is 17.6. The number of amides is 1. The lowest BCUT2D eigenvalue weighted by molar-refractivity contribution is -0.116. The van der Waals surface area contributed by atoms with Gasteiger partial charge in [0, 0.05) is 28.1 Å². The van der Waals surface area contributed by atoms with E-state index in [2.05, 4.69) is 15.3 Å². The topological polar surface area (TPSA) is 54.9 Å². The highest BCUT2D eigenvalue weighted by atomic mass is 35.5. The number of nitrogens with zero attached hydrogens (tertiary/aromatic N) is 2. The summed E-state index contributed by atoms with van der Waals surface area (Å²) in [5, 5.41) is 4.61. The number of hydrogen-bond donors (Lipinski definition) is 1. The Hall–Kier alpha value is -2.17. The van der Waals surface area contributed by atoms with Crippen molar-refractivity contribution in [2.24, 2.45) is 5.92 Å². The fourth-order valence-electron chi connectivity index (χ4n) is 2.48. The second-order valence-electron chi connectivity index (χ2n) is 6.22. The summed E-state index contributed by atoms with van der Waals surface area (Å²) >= 11 is 12.3. The van der Waals surface area contributed by atoms with Gasteiger partial charge >= 0.3 is 0 Å². The summed E-state index contributed by atoms with van der Waals surface area (Å²) in [6.45, 7) is 4.02.